The van der Waals surface area contributed by atoms with Crippen LogP contribution in [0.25, 0.3) is 0 Å². The van der Waals surface area contributed by atoms with Crippen LogP contribution in [0.15, 0.2) is 0 Å². The molecule has 0 aromatic heterocycles. The van der Waals surface area contributed by atoms with Gasteiger partial charge in [-0.3, -0.25) is 4.79 Å². The molecule has 0 amide bonds. The van der Waals surface area contributed by atoms with Gasteiger partial charge >= 0.3 is 5.97 Å². The fraction of sp³-hybridized carbons (Fsp3) is 0.875. The molecule has 2 saturated heterocycles. The molecule has 2 fully saturated rings. The quantitative estimate of drug-likeness (QED) is 0.393. The predicted molar refractivity (Wildman–Crippen MR) is 48.5 cm³/mol. The molecule has 6 heteroatoms. The zero-order valence-corrected chi connectivity index (χ0v) is 8.17. The number of carbonyl (C=O) groups excluding carboxylic acids is 1. The van der Waals surface area contributed by atoms with Crippen LogP contribution in [0.5, 0.6) is 0 Å². The molecule has 2 rings (SSSR count). The van der Waals surface area contributed by atoms with E-state index in [1.807, 2.05) is 7.85 Å². The topological polar surface area (TPSA) is 65.0 Å². The summed E-state index contributed by atoms with van der Waals surface area (Å²) in [4.78, 5) is 10.8. The SMILES string of the molecule is B[C@@H]1OC2C(OC[C@H]2O)[C@H]1OC(C)=O. The molecule has 1 N–H and O–H groups in total. The van der Waals surface area contributed by atoms with Crippen molar-refractivity contribution in [3.8, 4) is 0 Å². The molecule has 0 saturated carbocycles. The second kappa shape index (κ2) is 3.53. The molecule has 0 bridgehead atoms. The molecule has 5 nitrogen and oxygen atoms in total. The number of carbonyl (C=O) groups is 1. The van der Waals surface area contributed by atoms with Crippen LogP contribution < -0.4 is 0 Å². The first-order valence-electron chi connectivity index (χ1n) is 4.72. The maximum Gasteiger partial charge on any atom is 0.303 e. The first kappa shape index (κ1) is 9.95. The van der Waals surface area contributed by atoms with Gasteiger partial charge < -0.3 is 19.3 Å². The maximum atomic E-state index is 10.8. The Kier molecular flexibility index (Phi) is 2.51. The zero-order chi connectivity index (χ0) is 10.3. The largest absolute Gasteiger partial charge is 0.458 e. The van der Waals surface area contributed by atoms with Gasteiger partial charge in [0.1, 0.15) is 32.3 Å². The minimum Gasteiger partial charge on any atom is -0.458 e. The molecule has 0 radical (unpaired) electrons. The summed E-state index contributed by atoms with van der Waals surface area (Å²) in [6.45, 7) is 1.60. The van der Waals surface area contributed by atoms with E-state index in [0.717, 1.165) is 0 Å². The minimum absolute atomic E-state index is 0.219. The third kappa shape index (κ3) is 1.53. The lowest BCUT2D eigenvalue weighted by Crippen LogP contribution is -2.36. The van der Waals surface area contributed by atoms with Crippen molar-refractivity contribution in [1.29, 1.82) is 0 Å². The van der Waals surface area contributed by atoms with Crippen LogP contribution in [0.2, 0.25) is 0 Å². The summed E-state index contributed by atoms with van der Waals surface area (Å²) in [5.74, 6) is -0.351. The van der Waals surface area contributed by atoms with E-state index in [2.05, 4.69) is 0 Å². The van der Waals surface area contributed by atoms with E-state index in [-0.39, 0.29) is 30.8 Å². The predicted octanol–water partition coefficient (Wildman–Crippen LogP) is -1.96. The summed E-state index contributed by atoms with van der Waals surface area (Å²) >= 11 is 0. The van der Waals surface area contributed by atoms with Gasteiger partial charge in [-0.2, -0.15) is 0 Å². The summed E-state index contributed by atoms with van der Waals surface area (Å²) in [7, 11) is 1.81. The number of hydrogen-bond donors (Lipinski definition) is 1. The molecule has 0 aliphatic carbocycles. The van der Waals surface area contributed by atoms with Crippen molar-refractivity contribution >= 4 is 13.8 Å². The summed E-state index contributed by atoms with van der Waals surface area (Å²) < 4.78 is 15.9. The van der Waals surface area contributed by atoms with Crippen molar-refractivity contribution < 1.29 is 24.1 Å². The molecule has 14 heavy (non-hydrogen) atoms. The summed E-state index contributed by atoms with van der Waals surface area (Å²) in [6.07, 6.45) is -1.67. The van der Waals surface area contributed by atoms with Gasteiger partial charge in [-0.1, -0.05) is 0 Å². The number of rotatable bonds is 1. The van der Waals surface area contributed by atoms with E-state index in [1.165, 1.54) is 6.92 Å². The minimum atomic E-state index is -0.608. The number of aliphatic hydroxyl groups excluding tert-OH is 1. The molecule has 0 aromatic carbocycles. The number of fused-ring (bicyclic) bond motifs is 1. The van der Waals surface area contributed by atoms with Crippen LogP contribution in [0.4, 0.5) is 0 Å². The van der Waals surface area contributed by atoms with Crippen molar-refractivity contribution in [2.75, 3.05) is 6.61 Å². The molecule has 78 valence electrons. The molecule has 2 heterocycles. The number of ether oxygens (including phenoxy) is 3. The van der Waals surface area contributed by atoms with Gasteiger partial charge in [-0.05, 0) is 0 Å². The maximum absolute atomic E-state index is 10.8. The van der Waals surface area contributed by atoms with Gasteiger partial charge in [0.15, 0.2) is 0 Å². The highest BCUT2D eigenvalue weighted by Crippen LogP contribution is 2.31. The highest BCUT2D eigenvalue weighted by Gasteiger charge is 2.52. The lowest BCUT2D eigenvalue weighted by molar-refractivity contribution is -0.152. The third-order valence-corrected chi connectivity index (χ3v) is 2.62. The van der Waals surface area contributed by atoms with Crippen LogP contribution in [0.1, 0.15) is 6.92 Å². The Morgan fingerprint density at radius 1 is 1.57 bits per heavy atom. The third-order valence-electron chi connectivity index (χ3n) is 2.62. The van der Waals surface area contributed by atoms with Crippen molar-refractivity contribution in [3.05, 3.63) is 0 Å². The van der Waals surface area contributed by atoms with Crippen LogP contribution in [-0.2, 0) is 19.0 Å². The van der Waals surface area contributed by atoms with Crippen LogP contribution in [0, 0.1) is 0 Å². The van der Waals surface area contributed by atoms with E-state index in [9.17, 15) is 9.90 Å². The molecule has 2 unspecified atom stereocenters. The molecule has 0 spiro atoms. The van der Waals surface area contributed by atoms with Crippen molar-refractivity contribution in [2.24, 2.45) is 0 Å². The Morgan fingerprint density at radius 3 is 2.93 bits per heavy atom. The molecule has 5 atom stereocenters. The first-order chi connectivity index (χ1) is 6.59. The second-order valence-corrected chi connectivity index (χ2v) is 3.75. The number of aliphatic hydroxyl groups is 1. The van der Waals surface area contributed by atoms with Crippen molar-refractivity contribution in [2.45, 2.75) is 37.3 Å². The average molecular weight is 200 g/mol. The Hall–Kier alpha value is -0.585. The summed E-state index contributed by atoms with van der Waals surface area (Å²) in [5, 5.41) is 9.48. The van der Waals surface area contributed by atoms with Crippen LogP contribution >= 0.6 is 0 Å². The standard InChI is InChI=1S/C8H13BO5/c1-3(10)13-7-6-5(14-8(7)9)4(11)2-12-6/h4-8,11H,2,9H2,1H3/t4-,5?,6?,7-,8-/m1/s1. The van der Waals surface area contributed by atoms with Gasteiger partial charge in [0.25, 0.3) is 0 Å². The van der Waals surface area contributed by atoms with E-state index in [1.54, 1.807) is 0 Å². The summed E-state index contributed by atoms with van der Waals surface area (Å²) in [5.41, 5.74) is 0. The first-order valence-corrected chi connectivity index (χ1v) is 4.72. The monoisotopic (exact) mass is 200 g/mol. The smallest absolute Gasteiger partial charge is 0.303 e. The fourth-order valence-electron chi connectivity index (χ4n) is 2.02. The van der Waals surface area contributed by atoms with Gasteiger partial charge in [-0.25, -0.2) is 0 Å². The normalized spacial score (nSPS) is 46.3. The summed E-state index contributed by atoms with van der Waals surface area (Å²) in [6, 6.07) is -0.219. The average Bonchev–Trinajstić information content (AvgIpc) is 2.57. The molecule has 0 aromatic rings. The molecular weight excluding hydrogens is 187 g/mol. The van der Waals surface area contributed by atoms with E-state index < -0.39 is 12.2 Å². The van der Waals surface area contributed by atoms with Crippen molar-refractivity contribution in [1.82, 2.24) is 0 Å². The fourth-order valence-corrected chi connectivity index (χ4v) is 2.02. The highest BCUT2D eigenvalue weighted by molar-refractivity contribution is 6.11. The Balaban J connectivity index is 2.07. The second-order valence-electron chi connectivity index (χ2n) is 3.75. The number of esters is 1. The molecular formula is C8H13BO5. The van der Waals surface area contributed by atoms with Crippen molar-refractivity contribution in [3.63, 3.8) is 0 Å². The molecule has 2 aliphatic rings. The van der Waals surface area contributed by atoms with E-state index in [4.69, 9.17) is 14.2 Å². The Bertz CT molecular complexity index is 246. The molecule has 2 aliphatic heterocycles. The highest BCUT2D eigenvalue weighted by atomic mass is 16.6. The van der Waals surface area contributed by atoms with Crippen LogP contribution in [-0.4, -0.2) is 55.9 Å². The van der Waals surface area contributed by atoms with Gasteiger partial charge in [0.2, 0.25) is 0 Å². The lowest BCUT2D eigenvalue weighted by Gasteiger charge is -2.18. The Labute approximate surface area is 82.7 Å². The van der Waals surface area contributed by atoms with E-state index in [0.29, 0.717) is 0 Å². The van der Waals surface area contributed by atoms with Crippen LogP contribution in [0.3, 0.4) is 0 Å². The van der Waals surface area contributed by atoms with Gasteiger partial charge in [0.05, 0.1) is 12.6 Å². The zero-order valence-electron chi connectivity index (χ0n) is 8.17. The van der Waals surface area contributed by atoms with Gasteiger partial charge in [-0.15, -0.1) is 0 Å². The van der Waals surface area contributed by atoms with Gasteiger partial charge in [0, 0.05) is 6.92 Å². The lowest BCUT2D eigenvalue weighted by atomic mass is 9.93. The Morgan fingerprint density at radius 2 is 2.29 bits per heavy atom. The van der Waals surface area contributed by atoms with E-state index >= 15 is 0 Å². The number of hydrogen-bond acceptors (Lipinski definition) is 5.